The minimum absolute atomic E-state index is 0.0242. The first-order valence-electron chi connectivity index (χ1n) is 4.28. The third-order valence-corrected chi connectivity index (χ3v) is 1.72. The maximum Gasteiger partial charge on any atom is 0.354 e. The number of aromatic nitrogens is 1. The van der Waals surface area contributed by atoms with Crippen LogP contribution in [0.2, 0.25) is 0 Å². The van der Waals surface area contributed by atoms with Gasteiger partial charge >= 0.3 is 5.97 Å². The highest BCUT2D eigenvalue weighted by Crippen LogP contribution is 1.99. The first-order valence-corrected chi connectivity index (χ1v) is 4.28. The molecule has 80 valence electrons. The summed E-state index contributed by atoms with van der Waals surface area (Å²) in [4.78, 5) is 25.0. The van der Waals surface area contributed by atoms with Crippen molar-refractivity contribution in [3.63, 3.8) is 0 Å². The van der Waals surface area contributed by atoms with Crippen LogP contribution in [0, 0.1) is 0 Å². The van der Waals surface area contributed by atoms with Crippen molar-refractivity contribution in [3.8, 4) is 0 Å². The third kappa shape index (κ3) is 3.35. The molecule has 0 radical (unpaired) electrons. The summed E-state index contributed by atoms with van der Waals surface area (Å²) < 4.78 is 0. The molecule has 1 aromatic heterocycles. The van der Waals surface area contributed by atoms with Gasteiger partial charge in [-0.15, -0.1) is 0 Å². The van der Waals surface area contributed by atoms with E-state index >= 15 is 0 Å². The van der Waals surface area contributed by atoms with Gasteiger partial charge in [-0.05, 0) is 11.6 Å². The van der Waals surface area contributed by atoms with E-state index in [0.29, 0.717) is 6.54 Å². The Morgan fingerprint density at radius 3 is 2.67 bits per heavy atom. The van der Waals surface area contributed by atoms with Gasteiger partial charge in [0.15, 0.2) is 0 Å². The highest BCUT2D eigenvalue weighted by atomic mass is 16.4. The first-order chi connectivity index (χ1) is 7.13. The van der Waals surface area contributed by atoms with Crippen molar-refractivity contribution >= 4 is 11.9 Å². The molecule has 0 unspecified atom stereocenters. The van der Waals surface area contributed by atoms with Crippen molar-refractivity contribution in [1.82, 2.24) is 10.3 Å². The summed E-state index contributed by atoms with van der Waals surface area (Å²) in [7, 11) is 0. The standard InChI is InChI=1S/C9H11N3O3/c10-3-8(13)12-5-6-1-2-7(9(14)15)11-4-6/h1-2,4H,3,5,10H2,(H,12,13)(H,14,15). The van der Waals surface area contributed by atoms with Crippen LogP contribution in [0.1, 0.15) is 16.1 Å². The average molecular weight is 209 g/mol. The van der Waals surface area contributed by atoms with Crippen molar-refractivity contribution < 1.29 is 14.7 Å². The van der Waals surface area contributed by atoms with Gasteiger partial charge in [0.1, 0.15) is 5.69 Å². The lowest BCUT2D eigenvalue weighted by molar-refractivity contribution is -0.119. The van der Waals surface area contributed by atoms with Crippen LogP contribution in [-0.2, 0) is 11.3 Å². The Morgan fingerprint density at radius 1 is 1.47 bits per heavy atom. The van der Waals surface area contributed by atoms with Gasteiger partial charge < -0.3 is 16.2 Å². The molecular weight excluding hydrogens is 198 g/mol. The van der Waals surface area contributed by atoms with Gasteiger partial charge in [-0.3, -0.25) is 4.79 Å². The molecule has 1 amide bonds. The molecule has 1 heterocycles. The van der Waals surface area contributed by atoms with E-state index < -0.39 is 5.97 Å². The number of carbonyl (C=O) groups excluding carboxylic acids is 1. The second-order valence-electron chi connectivity index (χ2n) is 2.84. The molecule has 0 spiro atoms. The predicted molar refractivity (Wildman–Crippen MR) is 52.1 cm³/mol. The molecule has 6 heteroatoms. The molecule has 1 aromatic rings. The molecule has 0 aliphatic rings. The Bertz CT molecular complexity index is 361. The van der Waals surface area contributed by atoms with Crippen LogP contribution in [0.5, 0.6) is 0 Å². The molecule has 0 aliphatic heterocycles. The summed E-state index contributed by atoms with van der Waals surface area (Å²) in [5.41, 5.74) is 5.79. The number of carbonyl (C=O) groups is 2. The summed E-state index contributed by atoms with van der Waals surface area (Å²) in [6.07, 6.45) is 1.40. The quantitative estimate of drug-likeness (QED) is 0.611. The van der Waals surface area contributed by atoms with Crippen molar-refractivity contribution in [3.05, 3.63) is 29.6 Å². The maximum absolute atomic E-state index is 10.8. The lowest BCUT2D eigenvalue weighted by atomic mass is 10.2. The van der Waals surface area contributed by atoms with Crippen LogP contribution in [0.25, 0.3) is 0 Å². The summed E-state index contributed by atoms with van der Waals surface area (Å²) in [6.45, 7) is 0.226. The topological polar surface area (TPSA) is 105 Å². The Balaban J connectivity index is 2.57. The lowest BCUT2D eigenvalue weighted by Crippen LogP contribution is -2.29. The molecule has 0 aromatic carbocycles. The molecular formula is C9H11N3O3. The molecule has 0 aliphatic carbocycles. The van der Waals surface area contributed by atoms with Crippen LogP contribution in [0.4, 0.5) is 0 Å². The van der Waals surface area contributed by atoms with E-state index in [4.69, 9.17) is 10.8 Å². The molecule has 0 saturated heterocycles. The molecule has 0 atom stereocenters. The van der Waals surface area contributed by atoms with Crippen LogP contribution < -0.4 is 11.1 Å². The average Bonchev–Trinajstić information content (AvgIpc) is 2.26. The Hall–Kier alpha value is -1.95. The van der Waals surface area contributed by atoms with E-state index in [9.17, 15) is 9.59 Å². The Morgan fingerprint density at radius 2 is 2.20 bits per heavy atom. The number of amides is 1. The zero-order valence-electron chi connectivity index (χ0n) is 7.93. The lowest BCUT2D eigenvalue weighted by Gasteiger charge is -2.03. The molecule has 0 fully saturated rings. The zero-order valence-corrected chi connectivity index (χ0v) is 7.93. The Labute approximate surface area is 86.1 Å². The minimum Gasteiger partial charge on any atom is -0.477 e. The van der Waals surface area contributed by atoms with Crippen LogP contribution in [-0.4, -0.2) is 28.5 Å². The number of hydrogen-bond donors (Lipinski definition) is 3. The number of rotatable bonds is 4. The molecule has 15 heavy (non-hydrogen) atoms. The number of aromatic carboxylic acids is 1. The van der Waals surface area contributed by atoms with Gasteiger partial charge in [-0.25, -0.2) is 9.78 Å². The number of carboxylic acids is 1. The van der Waals surface area contributed by atoms with E-state index in [2.05, 4.69) is 10.3 Å². The number of pyridine rings is 1. The van der Waals surface area contributed by atoms with Crippen molar-refractivity contribution in [2.75, 3.05) is 6.54 Å². The molecule has 0 saturated carbocycles. The van der Waals surface area contributed by atoms with E-state index in [0.717, 1.165) is 5.56 Å². The fraction of sp³-hybridized carbons (Fsp3) is 0.222. The third-order valence-electron chi connectivity index (χ3n) is 1.72. The van der Waals surface area contributed by atoms with E-state index in [1.54, 1.807) is 6.07 Å². The summed E-state index contributed by atoms with van der Waals surface area (Å²) in [5.74, 6) is -1.34. The van der Waals surface area contributed by atoms with Crippen LogP contribution in [0.15, 0.2) is 18.3 Å². The van der Waals surface area contributed by atoms with E-state index in [-0.39, 0.29) is 18.1 Å². The summed E-state index contributed by atoms with van der Waals surface area (Å²) >= 11 is 0. The van der Waals surface area contributed by atoms with Gasteiger partial charge in [-0.1, -0.05) is 6.07 Å². The number of nitrogens with one attached hydrogen (secondary N) is 1. The molecule has 4 N–H and O–H groups in total. The zero-order chi connectivity index (χ0) is 11.3. The van der Waals surface area contributed by atoms with Crippen molar-refractivity contribution in [1.29, 1.82) is 0 Å². The normalized spacial score (nSPS) is 9.67. The van der Waals surface area contributed by atoms with Gasteiger partial charge in [0.05, 0.1) is 6.54 Å². The maximum atomic E-state index is 10.8. The van der Waals surface area contributed by atoms with E-state index in [1.807, 2.05) is 0 Å². The second-order valence-corrected chi connectivity index (χ2v) is 2.84. The SMILES string of the molecule is NCC(=O)NCc1ccc(C(=O)O)nc1. The minimum atomic E-state index is -1.08. The van der Waals surface area contributed by atoms with Gasteiger partial charge in [0.2, 0.25) is 5.91 Å². The highest BCUT2D eigenvalue weighted by Gasteiger charge is 2.03. The molecule has 6 nitrogen and oxygen atoms in total. The number of nitrogens with zero attached hydrogens (tertiary/aromatic N) is 1. The molecule has 1 rings (SSSR count). The van der Waals surface area contributed by atoms with Gasteiger partial charge in [-0.2, -0.15) is 0 Å². The van der Waals surface area contributed by atoms with E-state index in [1.165, 1.54) is 12.3 Å². The largest absolute Gasteiger partial charge is 0.477 e. The predicted octanol–water partition coefficient (Wildman–Crippen LogP) is -0.645. The van der Waals surface area contributed by atoms with Gasteiger partial charge in [0, 0.05) is 12.7 Å². The number of carboxylic acid groups (broad SMARTS) is 1. The van der Waals surface area contributed by atoms with Gasteiger partial charge in [0.25, 0.3) is 0 Å². The smallest absolute Gasteiger partial charge is 0.354 e. The van der Waals surface area contributed by atoms with Crippen LogP contribution in [0.3, 0.4) is 0 Å². The number of hydrogen-bond acceptors (Lipinski definition) is 4. The monoisotopic (exact) mass is 209 g/mol. The summed E-state index contributed by atoms with van der Waals surface area (Å²) in [5, 5.41) is 11.1. The first kappa shape index (κ1) is 11.1. The van der Waals surface area contributed by atoms with Crippen molar-refractivity contribution in [2.24, 2.45) is 5.73 Å². The summed E-state index contributed by atoms with van der Waals surface area (Å²) in [6, 6.07) is 2.97. The van der Waals surface area contributed by atoms with Crippen molar-refractivity contribution in [2.45, 2.75) is 6.54 Å². The fourth-order valence-electron chi connectivity index (χ4n) is 0.928. The Kier molecular flexibility index (Phi) is 3.75. The fourth-order valence-corrected chi connectivity index (χ4v) is 0.928. The highest BCUT2D eigenvalue weighted by molar-refractivity contribution is 5.85. The number of nitrogens with two attached hydrogens (primary N) is 1. The molecule has 0 bridgehead atoms. The second kappa shape index (κ2) is 5.06. The van der Waals surface area contributed by atoms with Crippen LogP contribution >= 0.6 is 0 Å².